The van der Waals surface area contributed by atoms with Crippen LogP contribution in [0.3, 0.4) is 0 Å². The summed E-state index contributed by atoms with van der Waals surface area (Å²) in [6.45, 7) is 11.7. The summed E-state index contributed by atoms with van der Waals surface area (Å²) in [6.07, 6.45) is -1.28. The molecule has 5 aromatic rings. The molecule has 242 valence electrons. The first-order chi connectivity index (χ1) is 21.8. The fourth-order valence-corrected chi connectivity index (χ4v) is 6.66. The van der Waals surface area contributed by atoms with Crippen molar-refractivity contribution in [1.82, 2.24) is 4.98 Å². The van der Waals surface area contributed by atoms with Crippen LogP contribution < -0.4 is 4.74 Å². The standard InChI is InChI=1S/C37H35NO8S/c1-36(2,3)26-17-22(18-27(34(26)41)37(4,5)6)35(42)46-29-9-7-8-19-11-13-28(38-31(19)29)30-32(39)24-15-20-10-12-23(47(43,44)45)14-21(20)16-25(24)33(30)40/h7-18,30,33,40-41H,1-6H3,(H,43,44,45). The Balaban J connectivity index is 1.38. The van der Waals surface area contributed by atoms with E-state index in [0.29, 0.717) is 38.4 Å². The third kappa shape index (κ3) is 5.77. The van der Waals surface area contributed by atoms with Gasteiger partial charge in [-0.1, -0.05) is 65.8 Å². The van der Waals surface area contributed by atoms with Crippen LogP contribution >= 0.6 is 0 Å². The van der Waals surface area contributed by atoms with E-state index < -0.39 is 38.9 Å². The number of esters is 1. The molecule has 1 heterocycles. The molecule has 2 atom stereocenters. The van der Waals surface area contributed by atoms with E-state index in [0.717, 1.165) is 0 Å². The van der Waals surface area contributed by atoms with Crippen LogP contribution in [-0.2, 0) is 20.9 Å². The molecule has 47 heavy (non-hydrogen) atoms. The van der Waals surface area contributed by atoms with Crippen molar-refractivity contribution in [3.63, 3.8) is 0 Å². The van der Waals surface area contributed by atoms with Gasteiger partial charge in [0.1, 0.15) is 11.3 Å². The van der Waals surface area contributed by atoms with Crippen molar-refractivity contribution >= 4 is 43.5 Å². The maximum atomic E-state index is 13.7. The molecule has 1 aromatic heterocycles. The minimum absolute atomic E-state index is 0.144. The molecule has 0 radical (unpaired) electrons. The van der Waals surface area contributed by atoms with Gasteiger partial charge in [0.25, 0.3) is 10.1 Å². The maximum Gasteiger partial charge on any atom is 0.343 e. The van der Waals surface area contributed by atoms with Crippen LogP contribution in [0.25, 0.3) is 21.7 Å². The number of carbonyl (C=O) groups excluding carboxylic acids is 2. The first-order valence-electron chi connectivity index (χ1n) is 15.1. The molecule has 9 nitrogen and oxygen atoms in total. The smallest absolute Gasteiger partial charge is 0.343 e. The number of hydrogen-bond acceptors (Lipinski definition) is 8. The summed E-state index contributed by atoms with van der Waals surface area (Å²) in [5, 5.41) is 24.1. The Labute approximate surface area is 272 Å². The molecular weight excluding hydrogens is 618 g/mol. The third-order valence-electron chi connectivity index (χ3n) is 8.65. The highest BCUT2D eigenvalue weighted by atomic mass is 32.2. The zero-order valence-corrected chi connectivity index (χ0v) is 27.6. The molecule has 4 aromatic carbocycles. The molecule has 0 spiro atoms. The summed E-state index contributed by atoms with van der Waals surface area (Å²) in [6, 6.07) is 19.0. The predicted octanol–water partition coefficient (Wildman–Crippen LogP) is 7.17. The summed E-state index contributed by atoms with van der Waals surface area (Å²) < 4.78 is 38.7. The number of pyridine rings is 1. The van der Waals surface area contributed by atoms with Crippen molar-refractivity contribution in [3.8, 4) is 11.5 Å². The third-order valence-corrected chi connectivity index (χ3v) is 9.50. The second-order valence-corrected chi connectivity index (χ2v) is 15.5. The Kier molecular flexibility index (Phi) is 7.54. The van der Waals surface area contributed by atoms with Crippen LogP contribution in [0.4, 0.5) is 0 Å². The number of aromatic nitrogens is 1. The van der Waals surface area contributed by atoms with Crippen LogP contribution in [0.5, 0.6) is 11.5 Å². The number of Topliss-reactive ketones (excluding diaryl/α,β-unsaturated/α-hetero) is 1. The topological polar surface area (TPSA) is 151 Å². The molecule has 0 aliphatic heterocycles. The molecule has 2 unspecified atom stereocenters. The second kappa shape index (κ2) is 11.0. The number of hydrogen-bond donors (Lipinski definition) is 3. The van der Waals surface area contributed by atoms with E-state index in [-0.39, 0.29) is 39.0 Å². The van der Waals surface area contributed by atoms with Crippen molar-refractivity contribution in [2.24, 2.45) is 0 Å². The highest BCUT2D eigenvalue weighted by molar-refractivity contribution is 7.85. The van der Waals surface area contributed by atoms with Crippen LogP contribution in [0.15, 0.2) is 77.7 Å². The number of ketones is 1. The number of ether oxygens (including phenoxy) is 1. The van der Waals surface area contributed by atoms with E-state index in [1.165, 1.54) is 18.2 Å². The quantitative estimate of drug-likeness (QED) is 0.104. The summed E-state index contributed by atoms with van der Waals surface area (Å²) in [5.41, 5.74) is 1.80. The zero-order valence-electron chi connectivity index (χ0n) is 26.8. The number of benzene rings is 4. The molecular formula is C37H35NO8S. The van der Waals surface area contributed by atoms with Gasteiger partial charge in [0.2, 0.25) is 0 Å². The number of aliphatic hydroxyl groups excluding tert-OH is 1. The van der Waals surface area contributed by atoms with Gasteiger partial charge in [0.15, 0.2) is 11.5 Å². The van der Waals surface area contributed by atoms with E-state index in [2.05, 4.69) is 0 Å². The van der Waals surface area contributed by atoms with E-state index in [9.17, 15) is 32.8 Å². The molecule has 0 saturated heterocycles. The number of phenolic OH excluding ortho intramolecular Hbond substituents is 1. The Morgan fingerprint density at radius 1 is 0.830 bits per heavy atom. The normalized spacial score (nSPS) is 16.9. The highest BCUT2D eigenvalue weighted by Gasteiger charge is 2.41. The Morgan fingerprint density at radius 3 is 2.09 bits per heavy atom. The highest BCUT2D eigenvalue weighted by Crippen LogP contribution is 2.44. The molecule has 0 bridgehead atoms. The Bertz CT molecular complexity index is 2210. The van der Waals surface area contributed by atoms with Crippen molar-refractivity contribution in [3.05, 3.63) is 106 Å². The summed E-state index contributed by atoms with van der Waals surface area (Å²) >= 11 is 0. The summed E-state index contributed by atoms with van der Waals surface area (Å²) in [5.74, 6) is -1.75. The fraction of sp³-hybridized carbons (Fsp3) is 0.270. The molecule has 1 aliphatic rings. The average molecular weight is 654 g/mol. The minimum atomic E-state index is -4.44. The largest absolute Gasteiger partial charge is 0.507 e. The number of nitrogens with zero attached hydrogens (tertiary/aromatic N) is 1. The molecule has 0 saturated carbocycles. The van der Waals surface area contributed by atoms with Crippen molar-refractivity contribution < 1.29 is 37.5 Å². The molecule has 6 rings (SSSR count). The molecule has 10 heteroatoms. The van der Waals surface area contributed by atoms with Gasteiger partial charge >= 0.3 is 5.97 Å². The van der Waals surface area contributed by atoms with Gasteiger partial charge in [-0.25, -0.2) is 9.78 Å². The number of para-hydroxylation sites is 1. The second-order valence-electron chi connectivity index (χ2n) is 14.1. The van der Waals surface area contributed by atoms with Gasteiger partial charge in [-0.05, 0) is 75.7 Å². The van der Waals surface area contributed by atoms with Crippen LogP contribution in [0, 0.1) is 0 Å². The fourth-order valence-electron chi connectivity index (χ4n) is 6.14. The van der Waals surface area contributed by atoms with Gasteiger partial charge in [-0.15, -0.1) is 0 Å². The minimum Gasteiger partial charge on any atom is -0.507 e. The van der Waals surface area contributed by atoms with Gasteiger partial charge in [0, 0.05) is 22.1 Å². The van der Waals surface area contributed by atoms with Crippen LogP contribution in [-0.4, -0.2) is 39.9 Å². The average Bonchev–Trinajstić information content (AvgIpc) is 3.22. The van der Waals surface area contributed by atoms with Crippen molar-refractivity contribution in [2.75, 3.05) is 0 Å². The first kappa shape index (κ1) is 32.3. The number of phenols is 1. The number of aliphatic hydroxyl groups is 1. The monoisotopic (exact) mass is 653 g/mol. The lowest BCUT2D eigenvalue weighted by atomic mass is 9.78. The predicted molar refractivity (Wildman–Crippen MR) is 178 cm³/mol. The number of aromatic hydroxyl groups is 1. The van der Waals surface area contributed by atoms with Crippen molar-refractivity contribution in [1.29, 1.82) is 0 Å². The van der Waals surface area contributed by atoms with Gasteiger partial charge in [-0.3, -0.25) is 9.35 Å². The lowest BCUT2D eigenvalue weighted by Crippen LogP contribution is -2.20. The first-order valence-corrected chi connectivity index (χ1v) is 16.6. The van der Waals surface area contributed by atoms with Gasteiger partial charge < -0.3 is 14.9 Å². The molecule has 3 N–H and O–H groups in total. The van der Waals surface area contributed by atoms with Gasteiger partial charge in [-0.2, -0.15) is 8.42 Å². The number of fused-ring (bicyclic) bond motifs is 3. The van der Waals surface area contributed by atoms with Crippen LogP contribution in [0.1, 0.15) is 96.7 Å². The van der Waals surface area contributed by atoms with Crippen molar-refractivity contribution in [2.45, 2.75) is 69.3 Å². The molecule has 0 amide bonds. The van der Waals surface area contributed by atoms with E-state index >= 15 is 0 Å². The molecule has 0 fully saturated rings. The zero-order chi connectivity index (χ0) is 34.2. The Morgan fingerprint density at radius 2 is 1.47 bits per heavy atom. The van der Waals surface area contributed by atoms with Gasteiger partial charge in [0.05, 0.1) is 28.2 Å². The summed E-state index contributed by atoms with van der Waals surface area (Å²) in [4.78, 5) is 31.7. The van der Waals surface area contributed by atoms with E-state index in [1.54, 1.807) is 54.6 Å². The lowest BCUT2D eigenvalue weighted by molar-refractivity contribution is 0.0735. The number of carbonyl (C=O) groups is 2. The Hall–Kier alpha value is -4.64. The van der Waals surface area contributed by atoms with E-state index in [1.807, 2.05) is 41.5 Å². The maximum absolute atomic E-state index is 13.7. The lowest BCUT2D eigenvalue weighted by Gasteiger charge is -2.28. The summed E-state index contributed by atoms with van der Waals surface area (Å²) in [7, 11) is -4.44. The SMILES string of the molecule is CC(C)(C)c1cc(C(=O)Oc2cccc3ccc(C4C(=O)c5cc6ccc(S(=O)(=O)O)cc6cc5C4O)nc23)cc(C(C)(C)C)c1O. The number of rotatable bonds is 4. The molecule has 1 aliphatic carbocycles. The van der Waals surface area contributed by atoms with Crippen LogP contribution in [0.2, 0.25) is 0 Å². The van der Waals surface area contributed by atoms with E-state index in [4.69, 9.17) is 9.72 Å².